The van der Waals surface area contributed by atoms with Gasteiger partial charge >= 0.3 is 0 Å². The number of likely N-dealkylation sites (N-methyl/N-ethyl adjacent to an activating group) is 1. The summed E-state index contributed by atoms with van der Waals surface area (Å²) in [6, 6.07) is 6.99. The van der Waals surface area contributed by atoms with E-state index in [9.17, 15) is 4.79 Å². The Morgan fingerprint density at radius 1 is 1.21 bits per heavy atom. The number of halogens is 1. The molecular weight excluding hydrogens is 375 g/mol. The molecule has 0 unspecified atom stereocenters. The lowest BCUT2D eigenvalue weighted by atomic mass is 10.1. The lowest BCUT2D eigenvalue weighted by molar-refractivity contribution is 0.0699. The van der Waals surface area contributed by atoms with Gasteiger partial charge in [-0.15, -0.1) is 0 Å². The first-order valence-corrected chi connectivity index (χ1v) is 9.13. The lowest BCUT2D eigenvalue weighted by Gasteiger charge is -2.44. The van der Waals surface area contributed by atoms with Gasteiger partial charge in [-0.1, -0.05) is 0 Å². The van der Waals surface area contributed by atoms with E-state index in [1.54, 1.807) is 65.3 Å². The molecule has 3 heterocycles. The molecule has 1 saturated heterocycles. The molecule has 1 aliphatic rings. The number of nitrogens with zero attached hydrogens (tertiary/aromatic N) is 6. The molecule has 1 amide bonds. The van der Waals surface area contributed by atoms with Crippen LogP contribution in [-0.4, -0.2) is 63.6 Å². The first-order valence-electron chi connectivity index (χ1n) is 9.13. The molecule has 1 aliphatic heterocycles. The molecule has 150 valence electrons. The Kier molecular flexibility index (Phi) is 4.87. The molecule has 8 nitrogen and oxygen atoms in total. The predicted octanol–water partition coefficient (Wildman–Crippen LogP) is 1.99. The van der Waals surface area contributed by atoms with Gasteiger partial charge in [0.2, 0.25) is 0 Å². The van der Waals surface area contributed by atoms with E-state index in [1.807, 2.05) is 7.05 Å². The molecule has 1 fully saturated rings. The largest absolute Gasteiger partial charge is 0.497 e. The molecule has 0 spiro atoms. The van der Waals surface area contributed by atoms with Crippen LogP contribution in [0.2, 0.25) is 0 Å². The van der Waals surface area contributed by atoms with Gasteiger partial charge in [0.15, 0.2) is 11.6 Å². The summed E-state index contributed by atoms with van der Waals surface area (Å²) < 4.78 is 21.9. The van der Waals surface area contributed by atoms with Crippen molar-refractivity contribution in [2.75, 3.05) is 32.1 Å². The summed E-state index contributed by atoms with van der Waals surface area (Å²) in [4.78, 5) is 28.3. The number of imidazole rings is 1. The number of carbonyl (C=O) groups is 1. The molecule has 0 saturated carbocycles. The van der Waals surface area contributed by atoms with Crippen molar-refractivity contribution in [2.24, 2.45) is 7.05 Å². The summed E-state index contributed by atoms with van der Waals surface area (Å²) in [5.41, 5.74) is 1.27. The molecule has 0 radical (unpaired) electrons. The minimum atomic E-state index is -0.477. The summed E-state index contributed by atoms with van der Waals surface area (Å²) in [7, 11) is 5.12. The van der Waals surface area contributed by atoms with Gasteiger partial charge in [0.05, 0.1) is 19.5 Å². The van der Waals surface area contributed by atoms with Gasteiger partial charge in [0.25, 0.3) is 5.91 Å². The zero-order valence-electron chi connectivity index (χ0n) is 16.4. The van der Waals surface area contributed by atoms with Crippen LogP contribution in [0.3, 0.4) is 0 Å². The second-order valence-electron chi connectivity index (χ2n) is 6.99. The molecule has 1 aromatic carbocycles. The van der Waals surface area contributed by atoms with E-state index >= 15 is 4.39 Å². The Labute approximate surface area is 167 Å². The molecule has 4 rings (SSSR count). The number of hydrogen-bond donors (Lipinski definition) is 0. The number of benzene rings is 1. The first kappa shape index (κ1) is 18.9. The topological polar surface area (TPSA) is 76.4 Å². The number of methoxy groups -OCH3 is 1. The third-order valence-electron chi connectivity index (χ3n) is 5.09. The highest BCUT2D eigenvalue weighted by atomic mass is 19.1. The highest BCUT2D eigenvalue weighted by molar-refractivity contribution is 5.92. The van der Waals surface area contributed by atoms with Crippen LogP contribution in [0.5, 0.6) is 5.75 Å². The SMILES string of the molecule is COc1ccc(-c2ncnc(N3CC(N(C)C(=O)c4cn(C)cn4)C3)c2F)cc1. The quantitative estimate of drug-likeness (QED) is 0.657. The maximum atomic E-state index is 15.1. The van der Waals surface area contributed by atoms with Crippen molar-refractivity contribution in [3.05, 3.63) is 54.6 Å². The fourth-order valence-corrected chi connectivity index (χ4v) is 3.27. The molecule has 0 N–H and O–H groups in total. The standard InChI is InChI=1S/C20H21FN6O2/c1-25-10-16(24-12-25)20(28)26(2)14-8-27(9-14)19-17(21)18(22-11-23-19)13-4-6-15(29-3)7-5-13/h4-7,10-12,14H,8-9H2,1-3H3. The molecular formula is C20H21FN6O2. The van der Waals surface area contributed by atoms with Crippen LogP contribution < -0.4 is 9.64 Å². The van der Waals surface area contributed by atoms with Crippen LogP contribution in [0.15, 0.2) is 43.1 Å². The van der Waals surface area contributed by atoms with Gasteiger partial charge in [-0.25, -0.2) is 19.3 Å². The number of anilines is 1. The smallest absolute Gasteiger partial charge is 0.274 e. The van der Waals surface area contributed by atoms with E-state index in [4.69, 9.17) is 4.74 Å². The fraction of sp³-hybridized carbons (Fsp3) is 0.300. The maximum Gasteiger partial charge on any atom is 0.274 e. The van der Waals surface area contributed by atoms with Crippen molar-refractivity contribution in [3.63, 3.8) is 0 Å². The fourth-order valence-electron chi connectivity index (χ4n) is 3.27. The third kappa shape index (κ3) is 3.51. The number of amides is 1. The summed E-state index contributed by atoms with van der Waals surface area (Å²) in [5.74, 6) is 0.294. The van der Waals surface area contributed by atoms with E-state index in [2.05, 4.69) is 15.0 Å². The number of ether oxygens (including phenoxy) is 1. The lowest BCUT2D eigenvalue weighted by Crippen LogP contribution is -2.60. The Hall–Kier alpha value is -3.49. The molecule has 0 aliphatic carbocycles. The predicted molar refractivity (Wildman–Crippen MR) is 105 cm³/mol. The summed E-state index contributed by atoms with van der Waals surface area (Å²) >= 11 is 0. The highest BCUT2D eigenvalue weighted by Crippen LogP contribution is 2.30. The minimum Gasteiger partial charge on any atom is -0.497 e. The highest BCUT2D eigenvalue weighted by Gasteiger charge is 2.36. The average molecular weight is 396 g/mol. The molecule has 9 heteroatoms. The van der Waals surface area contributed by atoms with Crippen LogP contribution in [0.25, 0.3) is 11.3 Å². The third-order valence-corrected chi connectivity index (χ3v) is 5.09. The molecule has 2 aromatic heterocycles. The van der Waals surface area contributed by atoms with Crippen LogP contribution in [-0.2, 0) is 7.05 Å². The molecule has 0 atom stereocenters. The van der Waals surface area contributed by atoms with Crippen LogP contribution in [0.1, 0.15) is 10.5 Å². The van der Waals surface area contributed by atoms with E-state index in [0.29, 0.717) is 30.1 Å². The number of hydrogen-bond acceptors (Lipinski definition) is 6. The zero-order valence-corrected chi connectivity index (χ0v) is 16.4. The van der Waals surface area contributed by atoms with Crippen molar-refractivity contribution < 1.29 is 13.9 Å². The van der Waals surface area contributed by atoms with E-state index in [1.165, 1.54) is 6.33 Å². The zero-order chi connectivity index (χ0) is 20.5. The monoisotopic (exact) mass is 396 g/mol. The van der Waals surface area contributed by atoms with Crippen LogP contribution in [0.4, 0.5) is 10.2 Å². The van der Waals surface area contributed by atoms with Gasteiger partial charge in [-0.05, 0) is 24.3 Å². The molecule has 0 bridgehead atoms. The van der Waals surface area contributed by atoms with Crippen molar-refractivity contribution in [2.45, 2.75) is 6.04 Å². The summed E-state index contributed by atoms with van der Waals surface area (Å²) in [5, 5.41) is 0. The van der Waals surface area contributed by atoms with Gasteiger partial charge < -0.3 is 19.1 Å². The van der Waals surface area contributed by atoms with Gasteiger partial charge in [-0.3, -0.25) is 4.79 Å². The Morgan fingerprint density at radius 3 is 2.55 bits per heavy atom. The van der Waals surface area contributed by atoms with Crippen molar-refractivity contribution in [1.82, 2.24) is 24.4 Å². The normalized spacial score (nSPS) is 13.9. The number of carbonyl (C=O) groups excluding carboxylic acids is 1. The Bertz CT molecular complexity index is 1030. The number of rotatable bonds is 5. The number of aromatic nitrogens is 4. The minimum absolute atomic E-state index is 0.0386. The van der Waals surface area contributed by atoms with E-state index in [0.717, 1.165) is 0 Å². The van der Waals surface area contributed by atoms with E-state index < -0.39 is 5.82 Å². The molecule has 3 aromatic rings. The second-order valence-corrected chi connectivity index (χ2v) is 6.99. The average Bonchev–Trinajstić information content (AvgIpc) is 3.14. The molecule has 29 heavy (non-hydrogen) atoms. The van der Waals surface area contributed by atoms with Crippen molar-refractivity contribution in [3.8, 4) is 17.0 Å². The van der Waals surface area contributed by atoms with Crippen LogP contribution in [0, 0.1) is 5.82 Å². The van der Waals surface area contributed by atoms with Gasteiger partial charge in [0.1, 0.15) is 23.5 Å². The van der Waals surface area contributed by atoms with Crippen LogP contribution >= 0.6 is 0 Å². The van der Waals surface area contributed by atoms with Crippen molar-refractivity contribution in [1.29, 1.82) is 0 Å². The van der Waals surface area contributed by atoms with E-state index in [-0.39, 0.29) is 23.5 Å². The summed E-state index contributed by atoms with van der Waals surface area (Å²) in [6.07, 6.45) is 4.62. The number of aryl methyl sites for hydroxylation is 1. The van der Waals surface area contributed by atoms with Crippen molar-refractivity contribution >= 4 is 11.7 Å². The second kappa shape index (κ2) is 7.50. The Balaban J connectivity index is 1.47. The van der Waals surface area contributed by atoms with Gasteiger partial charge in [-0.2, -0.15) is 0 Å². The Morgan fingerprint density at radius 2 is 1.93 bits per heavy atom. The van der Waals surface area contributed by atoms with Gasteiger partial charge in [0, 0.05) is 38.9 Å². The maximum absolute atomic E-state index is 15.1. The summed E-state index contributed by atoms with van der Waals surface area (Å²) in [6.45, 7) is 0.982. The first-order chi connectivity index (χ1) is 14.0.